The minimum Gasteiger partial charge on any atom is -0.335 e. The van der Waals surface area contributed by atoms with Crippen LogP contribution in [0.15, 0.2) is 23.0 Å². The molecule has 6 heteroatoms. The number of thiazole rings is 1. The molecule has 1 aliphatic heterocycles. The summed E-state index contributed by atoms with van der Waals surface area (Å²) in [5, 5.41) is 2.14. The van der Waals surface area contributed by atoms with Gasteiger partial charge >= 0.3 is 0 Å². The van der Waals surface area contributed by atoms with Gasteiger partial charge in [0.15, 0.2) is 0 Å². The second-order valence-corrected chi connectivity index (χ2v) is 8.19. The molecule has 2 fully saturated rings. The van der Waals surface area contributed by atoms with Crippen molar-refractivity contribution in [2.75, 3.05) is 32.7 Å². The Kier molecular flexibility index (Phi) is 4.46. The predicted molar refractivity (Wildman–Crippen MR) is 94.5 cm³/mol. The number of rotatable bonds is 5. The fourth-order valence-electron chi connectivity index (χ4n) is 3.10. The van der Waals surface area contributed by atoms with E-state index in [0.29, 0.717) is 5.92 Å². The number of nitrogens with zero attached hydrogens (tertiary/aromatic N) is 3. The Labute approximate surface area is 144 Å². The molecule has 1 saturated carbocycles. The number of hydrogen-bond donors (Lipinski definition) is 0. The van der Waals surface area contributed by atoms with Crippen molar-refractivity contribution in [1.29, 1.82) is 0 Å². The van der Waals surface area contributed by atoms with Crippen molar-refractivity contribution < 1.29 is 4.79 Å². The molecule has 0 atom stereocenters. The van der Waals surface area contributed by atoms with Crippen LogP contribution in [-0.4, -0.2) is 53.4 Å². The molecule has 0 N–H and O–H groups in total. The van der Waals surface area contributed by atoms with Crippen LogP contribution < -0.4 is 0 Å². The number of carbonyl (C=O) groups excluding carboxylic acids is 1. The smallest absolute Gasteiger partial charge is 0.265 e. The third-order valence-corrected chi connectivity index (χ3v) is 6.43. The van der Waals surface area contributed by atoms with E-state index >= 15 is 0 Å². The molecule has 0 radical (unpaired) electrons. The first-order chi connectivity index (χ1) is 11.3. The quantitative estimate of drug-likeness (QED) is 0.834. The molecule has 4 nitrogen and oxygen atoms in total. The van der Waals surface area contributed by atoms with Crippen LogP contribution in [0.2, 0.25) is 0 Å². The van der Waals surface area contributed by atoms with E-state index in [4.69, 9.17) is 0 Å². The number of piperazine rings is 1. The van der Waals surface area contributed by atoms with Crippen LogP contribution in [0.3, 0.4) is 0 Å². The first kappa shape index (κ1) is 15.3. The summed E-state index contributed by atoms with van der Waals surface area (Å²) in [5.41, 5.74) is 2.89. The molecule has 0 bridgehead atoms. The summed E-state index contributed by atoms with van der Waals surface area (Å²) >= 11 is 3.34. The van der Waals surface area contributed by atoms with Crippen LogP contribution in [0.5, 0.6) is 0 Å². The molecule has 4 rings (SSSR count). The molecule has 0 unspecified atom stereocenters. The van der Waals surface area contributed by atoms with Crippen molar-refractivity contribution in [3.05, 3.63) is 38.5 Å². The van der Waals surface area contributed by atoms with Gasteiger partial charge in [-0.15, -0.1) is 22.7 Å². The zero-order valence-electron chi connectivity index (χ0n) is 13.1. The van der Waals surface area contributed by atoms with Gasteiger partial charge in [-0.05, 0) is 30.7 Å². The molecule has 1 saturated heterocycles. The Balaban J connectivity index is 1.30. The van der Waals surface area contributed by atoms with Crippen LogP contribution in [0.1, 0.15) is 39.0 Å². The fourth-order valence-corrected chi connectivity index (χ4v) is 4.64. The van der Waals surface area contributed by atoms with E-state index < -0.39 is 0 Å². The highest BCUT2D eigenvalue weighted by molar-refractivity contribution is 7.12. The van der Waals surface area contributed by atoms with E-state index in [9.17, 15) is 4.79 Å². The third-order valence-electron chi connectivity index (χ3n) is 4.67. The second kappa shape index (κ2) is 6.71. The van der Waals surface area contributed by atoms with Crippen molar-refractivity contribution in [3.8, 4) is 0 Å². The van der Waals surface area contributed by atoms with E-state index in [2.05, 4.69) is 27.4 Å². The second-order valence-electron chi connectivity index (χ2n) is 6.30. The Bertz CT molecular complexity index is 655. The summed E-state index contributed by atoms with van der Waals surface area (Å²) in [4.78, 5) is 24.0. The van der Waals surface area contributed by atoms with Crippen LogP contribution in [0.25, 0.3) is 0 Å². The molecule has 3 heterocycles. The lowest BCUT2D eigenvalue weighted by Gasteiger charge is -2.34. The topological polar surface area (TPSA) is 36.4 Å². The SMILES string of the molecule is O=C(c1scnc1C1CC1)N1CCN(CCc2cccs2)CC1. The van der Waals surface area contributed by atoms with Crippen molar-refractivity contribution in [2.24, 2.45) is 0 Å². The van der Waals surface area contributed by atoms with E-state index in [1.807, 2.05) is 21.7 Å². The minimum atomic E-state index is 0.201. The average molecular weight is 348 g/mol. The van der Waals surface area contributed by atoms with Gasteiger partial charge in [0.2, 0.25) is 0 Å². The zero-order chi connectivity index (χ0) is 15.6. The van der Waals surface area contributed by atoms with Gasteiger partial charge in [-0.3, -0.25) is 9.69 Å². The first-order valence-electron chi connectivity index (χ1n) is 8.28. The lowest BCUT2D eigenvalue weighted by Crippen LogP contribution is -2.49. The van der Waals surface area contributed by atoms with Crippen molar-refractivity contribution in [1.82, 2.24) is 14.8 Å². The monoisotopic (exact) mass is 347 g/mol. The van der Waals surface area contributed by atoms with Crippen LogP contribution in [0.4, 0.5) is 0 Å². The number of hydrogen-bond acceptors (Lipinski definition) is 5. The summed E-state index contributed by atoms with van der Waals surface area (Å²) in [6.45, 7) is 4.73. The van der Waals surface area contributed by atoms with Gasteiger partial charge in [-0.2, -0.15) is 0 Å². The standard InChI is InChI=1S/C17H21N3OS2/c21-17(16-15(13-3-4-13)18-12-23-16)20-9-7-19(8-10-20)6-5-14-2-1-11-22-14/h1-2,11-13H,3-10H2. The summed E-state index contributed by atoms with van der Waals surface area (Å²) in [7, 11) is 0. The van der Waals surface area contributed by atoms with Gasteiger partial charge in [0, 0.05) is 43.5 Å². The molecule has 23 heavy (non-hydrogen) atoms. The maximum atomic E-state index is 12.7. The lowest BCUT2D eigenvalue weighted by molar-refractivity contribution is 0.0642. The molecule has 0 aromatic carbocycles. The maximum Gasteiger partial charge on any atom is 0.265 e. The van der Waals surface area contributed by atoms with E-state index in [0.717, 1.165) is 49.7 Å². The van der Waals surface area contributed by atoms with Gasteiger partial charge in [0.05, 0.1) is 11.2 Å². The summed E-state index contributed by atoms with van der Waals surface area (Å²) in [6.07, 6.45) is 3.51. The Morgan fingerprint density at radius 1 is 1.22 bits per heavy atom. The highest BCUT2D eigenvalue weighted by Crippen LogP contribution is 2.42. The molecular weight excluding hydrogens is 326 g/mol. The molecule has 0 spiro atoms. The van der Waals surface area contributed by atoms with Crippen molar-refractivity contribution >= 4 is 28.6 Å². The van der Waals surface area contributed by atoms with Gasteiger partial charge < -0.3 is 4.90 Å². The fraction of sp³-hybridized carbons (Fsp3) is 0.529. The zero-order valence-corrected chi connectivity index (χ0v) is 14.7. The number of aromatic nitrogens is 1. The molecule has 2 aromatic rings. The van der Waals surface area contributed by atoms with E-state index in [1.165, 1.54) is 29.1 Å². The van der Waals surface area contributed by atoms with Crippen molar-refractivity contribution in [2.45, 2.75) is 25.2 Å². The van der Waals surface area contributed by atoms with Gasteiger partial charge in [0.25, 0.3) is 5.91 Å². The molecule has 2 aromatic heterocycles. The van der Waals surface area contributed by atoms with Crippen LogP contribution in [0, 0.1) is 0 Å². The van der Waals surface area contributed by atoms with Gasteiger partial charge in [-0.1, -0.05) is 6.07 Å². The van der Waals surface area contributed by atoms with E-state index in [-0.39, 0.29) is 5.91 Å². The third kappa shape index (κ3) is 3.49. The number of amides is 1. The lowest BCUT2D eigenvalue weighted by atomic mass is 10.2. The molecule has 1 amide bonds. The Morgan fingerprint density at radius 3 is 2.74 bits per heavy atom. The van der Waals surface area contributed by atoms with Crippen LogP contribution in [-0.2, 0) is 6.42 Å². The van der Waals surface area contributed by atoms with Gasteiger partial charge in [-0.25, -0.2) is 4.98 Å². The van der Waals surface area contributed by atoms with Crippen molar-refractivity contribution in [3.63, 3.8) is 0 Å². The predicted octanol–water partition coefficient (Wildman–Crippen LogP) is 3.08. The van der Waals surface area contributed by atoms with E-state index in [1.54, 1.807) is 0 Å². The summed E-state index contributed by atoms with van der Waals surface area (Å²) in [5.74, 6) is 0.750. The first-order valence-corrected chi connectivity index (χ1v) is 10.0. The average Bonchev–Trinajstić information content (AvgIpc) is 3.10. The highest BCUT2D eigenvalue weighted by atomic mass is 32.1. The molecule has 2 aliphatic rings. The Morgan fingerprint density at radius 2 is 2.04 bits per heavy atom. The number of carbonyl (C=O) groups is 1. The van der Waals surface area contributed by atoms with Gasteiger partial charge in [0.1, 0.15) is 4.88 Å². The Hall–Kier alpha value is -1.24. The largest absolute Gasteiger partial charge is 0.335 e. The molecular formula is C17H21N3OS2. The normalized spacial score (nSPS) is 19.2. The summed E-state index contributed by atoms with van der Waals surface area (Å²) in [6, 6.07) is 4.32. The minimum absolute atomic E-state index is 0.201. The maximum absolute atomic E-state index is 12.7. The molecule has 122 valence electrons. The van der Waals surface area contributed by atoms with Crippen LogP contribution >= 0.6 is 22.7 Å². The highest BCUT2D eigenvalue weighted by Gasteiger charge is 2.32. The number of thiophene rings is 1. The summed E-state index contributed by atoms with van der Waals surface area (Å²) < 4.78 is 0. The molecule has 1 aliphatic carbocycles.